The van der Waals surface area contributed by atoms with Crippen molar-refractivity contribution in [2.45, 2.75) is 24.2 Å². The zero-order valence-corrected chi connectivity index (χ0v) is 11.3. The minimum atomic E-state index is -0.360. The smallest absolute Gasteiger partial charge is 0.219 e. The van der Waals surface area contributed by atoms with E-state index in [9.17, 15) is 9.90 Å². The molecule has 1 aliphatic rings. The number of aliphatic hydroxyl groups is 1. The molecule has 0 heterocycles. The van der Waals surface area contributed by atoms with Crippen LogP contribution in [0.2, 0.25) is 0 Å². The van der Waals surface area contributed by atoms with Gasteiger partial charge in [-0.3, -0.25) is 4.79 Å². The summed E-state index contributed by atoms with van der Waals surface area (Å²) < 4.78 is 0. The molecule has 1 aromatic rings. The molecule has 18 heavy (non-hydrogen) atoms. The Morgan fingerprint density at radius 1 is 1.39 bits per heavy atom. The summed E-state index contributed by atoms with van der Waals surface area (Å²) in [7, 11) is 1.92. The van der Waals surface area contributed by atoms with Gasteiger partial charge in [-0.1, -0.05) is 42.1 Å². The first-order chi connectivity index (χ1) is 8.70. The molecule has 1 fully saturated rings. The Labute approximate surface area is 112 Å². The van der Waals surface area contributed by atoms with Crippen LogP contribution in [0.15, 0.2) is 30.3 Å². The number of thioether (sulfide) groups is 1. The number of hydrogen-bond acceptors (Lipinski definition) is 4. The van der Waals surface area contributed by atoms with Crippen LogP contribution in [0.25, 0.3) is 0 Å². The van der Waals surface area contributed by atoms with Crippen LogP contribution in [-0.4, -0.2) is 35.2 Å². The minimum absolute atomic E-state index is 0.0380. The Morgan fingerprint density at radius 2 is 2.11 bits per heavy atom. The highest BCUT2D eigenvalue weighted by molar-refractivity contribution is 8.14. The Morgan fingerprint density at radius 3 is 2.78 bits per heavy atom. The van der Waals surface area contributed by atoms with Crippen LogP contribution in [0, 0.1) is 5.92 Å². The zero-order valence-electron chi connectivity index (χ0n) is 10.5. The van der Waals surface area contributed by atoms with Gasteiger partial charge in [-0.15, -0.1) is 0 Å². The number of carbonyl (C=O) groups excluding carboxylic acids is 1. The van der Waals surface area contributed by atoms with Gasteiger partial charge in [0.1, 0.15) is 0 Å². The van der Waals surface area contributed by atoms with Gasteiger partial charge in [0, 0.05) is 10.8 Å². The number of aliphatic hydroxyl groups excluding tert-OH is 1. The van der Waals surface area contributed by atoms with E-state index in [0.29, 0.717) is 11.5 Å². The SMILES string of the molecule is CNC[C@@H]1C[C@@H](O)[C@H](SC(=O)c2ccccc2)C1. The molecule has 1 aromatic carbocycles. The first-order valence-corrected chi connectivity index (χ1v) is 7.17. The molecule has 0 unspecified atom stereocenters. The molecule has 4 heteroatoms. The van der Waals surface area contributed by atoms with Gasteiger partial charge in [-0.05, 0) is 32.4 Å². The van der Waals surface area contributed by atoms with Crippen molar-refractivity contribution in [2.24, 2.45) is 5.92 Å². The predicted octanol–water partition coefficient (Wildman–Crippen LogP) is 1.92. The summed E-state index contributed by atoms with van der Waals surface area (Å²) in [6.07, 6.45) is 1.34. The van der Waals surface area contributed by atoms with Crippen molar-refractivity contribution in [1.82, 2.24) is 5.32 Å². The summed E-state index contributed by atoms with van der Waals surface area (Å²) in [5.41, 5.74) is 0.715. The first kappa shape index (κ1) is 13.6. The average molecular weight is 265 g/mol. The number of nitrogens with one attached hydrogen (secondary N) is 1. The Kier molecular flexibility index (Phi) is 4.80. The number of hydrogen-bond donors (Lipinski definition) is 2. The molecule has 2 rings (SSSR count). The van der Waals surface area contributed by atoms with Gasteiger partial charge in [0.2, 0.25) is 5.12 Å². The maximum absolute atomic E-state index is 12.0. The largest absolute Gasteiger partial charge is 0.392 e. The molecule has 0 saturated heterocycles. The maximum atomic E-state index is 12.0. The van der Waals surface area contributed by atoms with Crippen LogP contribution < -0.4 is 5.32 Å². The fourth-order valence-electron chi connectivity index (χ4n) is 2.44. The van der Waals surface area contributed by atoms with E-state index in [4.69, 9.17) is 0 Å². The highest BCUT2D eigenvalue weighted by Gasteiger charge is 2.34. The summed E-state index contributed by atoms with van der Waals surface area (Å²) in [6.45, 7) is 0.910. The van der Waals surface area contributed by atoms with Gasteiger partial charge in [0.05, 0.1) is 6.10 Å². The molecule has 0 bridgehead atoms. The van der Waals surface area contributed by atoms with E-state index in [1.807, 2.05) is 37.4 Å². The Bertz CT molecular complexity index is 396. The van der Waals surface area contributed by atoms with Gasteiger partial charge in [-0.25, -0.2) is 0 Å². The van der Waals surface area contributed by atoms with Crippen LogP contribution in [0.3, 0.4) is 0 Å². The second-order valence-electron chi connectivity index (χ2n) is 4.77. The lowest BCUT2D eigenvalue weighted by Crippen LogP contribution is -2.17. The second kappa shape index (κ2) is 6.36. The van der Waals surface area contributed by atoms with E-state index in [-0.39, 0.29) is 16.5 Å². The van der Waals surface area contributed by atoms with E-state index in [1.54, 1.807) is 0 Å². The topological polar surface area (TPSA) is 49.3 Å². The fourth-order valence-corrected chi connectivity index (χ4v) is 3.62. The molecule has 0 amide bonds. The van der Waals surface area contributed by atoms with Crippen LogP contribution >= 0.6 is 11.8 Å². The molecular weight excluding hydrogens is 246 g/mol. The molecule has 3 nitrogen and oxygen atoms in total. The van der Waals surface area contributed by atoms with E-state index in [1.165, 1.54) is 11.8 Å². The first-order valence-electron chi connectivity index (χ1n) is 6.29. The zero-order chi connectivity index (χ0) is 13.0. The summed E-state index contributed by atoms with van der Waals surface area (Å²) in [5.74, 6) is 0.478. The quantitative estimate of drug-likeness (QED) is 0.873. The van der Waals surface area contributed by atoms with Crippen molar-refractivity contribution in [3.8, 4) is 0 Å². The van der Waals surface area contributed by atoms with E-state index in [2.05, 4.69) is 5.32 Å². The molecule has 0 spiro atoms. The molecule has 1 saturated carbocycles. The molecule has 2 N–H and O–H groups in total. The number of benzene rings is 1. The van der Waals surface area contributed by atoms with Crippen molar-refractivity contribution in [2.75, 3.05) is 13.6 Å². The Hall–Kier alpha value is -0.840. The predicted molar refractivity (Wildman–Crippen MR) is 74.8 cm³/mol. The summed E-state index contributed by atoms with van der Waals surface area (Å²) in [6, 6.07) is 9.27. The molecule has 1 aliphatic carbocycles. The molecule has 98 valence electrons. The van der Waals surface area contributed by atoms with E-state index < -0.39 is 0 Å². The Balaban J connectivity index is 1.92. The molecule has 0 radical (unpaired) electrons. The number of carbonyl (C=O) groups is 1. The van der Waals surface area contributed by atoms with Gasteiger partial charge in [0.15, 0.2) is 0 Å². The molecule has 3 atom stereocenters. The lowest BCUT2D eigenvalue weighted by Gasteiger charge is -2.12. The molecular formula is C14H19NO2S. The van der Waals surface area contributed by atoms with Gasteiger partial charge in [-0.2, -0.15) is 0 Å². The average Bonchev–Trinajstić information content (AvgIpc) is 2.71. The van der Waals surface area contributed by atoms with Crippen molar-refractivity contribution < 1.29 is 9.90 Å². The normalized spacial score (nSPS) is 27.3. The summed E-state index contributed by atoms with van der Waals surface area (Å²) >= 11 is 1.28. The monoisotopic (exact) mass is 265 g/mol. The third-order valence-electron chi connectivity index (χ3n) is 3.33. The third kappa shape index (κ3) is 3.34. The van der Waals surface area contributed by atoms with E-state index in [0.717, 1.165) is 19.4 Å². The fraction of sp³-hybridized carbons (Fsp3) is 0.500. The summed E-state index contributed by atoms with van der Waals surface area (Å²) in [5, 5.41) is 13.2. The lowest BCUT2D eigenvalue weighted by atomic mass is 10.1. The number of rotatable bonds is 4. The molecule has 0 aliphatic heterocycles. The van der Waals surface area contributed by atoms with Gasteiger partial charge < -0.3 is 10.4 Å². The third-order valence-corrected chi connectivity index (χ3v) is 4.59. The van der Waals surface area contributed by atoms with Crippen LogP contribution in [0.4, 0.5) is 0 Å². The highest BCUT2D eigenvalue weighted by atomic mass is 32.2. The van der Waals surface area contributed by atoms with Crippen LogP contribution in [-0.2, 0) is 0 Å². The van der Waals surface area contributed by atoms with Crippen molar-refractivity contribution in [1.29, 1.82) is 0 Å². The van der Waals surface area contributed by atoms with Crippen LogP contribution in [0.5, 0.6) is 0 Å². The molecule has 0 aromatic heterocycles. The standard InChI is InChI=1S/C14H19NO2S/c1-15-9-10-7-12(16)13(8-10)18-14(17)11-5-3-2-4-6-11/h2-6,10,12-13,15-16H,7-9H2,1H3/t10-,12-,13-/m1/s1. The van der Waals surface area contributed by atoms with Gasteiger partial charge >= 0.3 is 0 Å². The van der Waals surface area contributed by atoms with Crippen molar-refractivity contribution in [3.63, 3.8) is 0 Å². The summed E-state index contributed by atoms with van der Waals surface area (Å²) in [4.78, 5) is 12.0. The van der Waals surface area contributed by atoms with Gasteiger partial charge in [0.25, 0.3) is 0 Å². The maximum Gasteiger partial charge on any atom is 0.219 e. The lowest BCUT2D eigenvalue weighted by molar-refractivity contribution is 0.108. The van der Waals surface area contributed by atoms with Crippen molar-refractivity contribution >= 4 is 16.9 Å². The second-order valence-corrected chi connectivity index (χ2v) is 5.98. The van der Waals surface area contributed by atoms with E-state index >= 15 is 0 Å². The minimum Gasteiger partial charge on any atom is -0.392 e. The highest BCUT2D eigenvalue weighted by Crippen LogP contribution is 2.35. The van der Waals surface area contributed by atoms with Crippen LogP contribution in [0.1, 0.15) is 23.2 Å². The van der Waals surface area contributed by atoms with Crippen molar-refractivity contribution in [3.05, 3.63) is 35.9 Å².